The van der Waals surface area contributed by atoms with Gasteiger partial charge in [-0.1, -0.05) is 0 Å². The number of anilines is 1. The van der Waals surface area contributed by atoms with Crippen molar-refractivity contribution < 1.29 is 23.1 Å². The van der Waals surface area contributed by atoms with Gasteiger partial charge in [0.2, 0.25) is 0 Å². The average Bonchev–Trinajstić information content (AvgIpc) is 2.33. The van der Waals surface area contributed by atoms with Crippen molar-refractivity contribution in [1.29, 1.82) is 5.26 Å². The van der Waals surface area contributed by atoms with E-state index in [9.17, 15) is 18.0 Å². The first-order valence-electron chi connectivity index (χ1n) is 5.24. The summed E-state index contributed by atoms with van der Waals surface area (Å²) in [6, 6.07) is 3.37. The molecule has 5 nitrogen and oxygen atoms in total. The molecular formula is C11H10F3N3O2. The largest absolute Gasteiger partial charge is 0.480 e. The highest BCUT2D eigenvalue weighted by Gasteiger charge is 2.33. The third kappa shape index (κ3) is 3.58. The molecule has 1 N–H and O–H groups in total. The summed E-state index contributed by atoms with van der Waals surface area (Å²) in [6.07, 6.45) is -4.65. The quantitative estimate of drug-likeness (QED) is 0.906. The van der Waals surface area contributed by atoms with Gasteiger partial charge in [0, 0.05) is 6.54 Å². The number of aliphatic carboxylic acids is 1. The molecule has 0 atom stereocenters. The van der Waals surface area contributed by atoms with E-state index in [1.54, 1.807) is 13.0 Å². The summed E-state index contributed by atoms with van der Waals surface area (Å²) in [4.78, 5) is 15.1. The molecule has 0 fully saturated rings. The SMILES string of the molecule is CCN(CC(=O)O)c1nc(C(F)(F)F)ccc1C#N. The summed E-state index contributed by atoms with van der Waals surface area (Å²) in [5.74, 6) is -1.49. The maximum atomic E-state index is 12.6. The first kappa shape index (κ1) is 14.8. The van der Waals surface area contributed by atoms with Gasteiger partial charge in [0.1, 0.15) is 24.1 Å². The Kier molecular flexibility index (Phi) is 4.32. The molecule has 0 aliphatic heterocycles. The van der Waals surface area contributed by atoms with Crippen molar-refractivity contribution in [3.8, 4) is 6.07 Å². The molecule has 8 heteroatoms. The van der Waals surface area contributed by atoms with Crippen LogP contribution in [0.15, 0.2) is 12.1 Å². The molecule has 0 spiro atoms. The van der Waals surface area contributed by atoms with E-state index in [0.717, 1.165) is 11.0 Å². The van der Waals surface area contributed by atoms with Gasteiger partial charge >= 0.3 is 12.1 Å². The molecule has 0 radical (unpaired) electrons. The van der Waals surface area contributed by atoms with Gasteiger partial charge in [-0.3, -0.25) is 4.79 Å². The molecule has 19 heavy (non-hydrogen) atoms. The Bertz CT molecular complexity index is 523. The number of hydrogen-bond acceptors (Lipinski definition) is 4. The molecule has 0 aromatic carbocycles. The number of pyridine rings is 1. The Morgan fingerprint density at radius 2 is 2.16 bits per heavy atom. The van der Waals surface area contributed by atoms with Gasteiger partial charge in [0.25, 0.3) is 0 Å². The number of likely N-dealkylation sites (N-methyl/N-ethyl adjacent to an activating group) is 1. The van der Waals surface area contributed by atoms with Crippen molar-refractivity contribution in [2.45, 2.75) is 13.1 Å². The van der Waals surface area contributed by atoms with Gasteiger partial charge in [-0.15, -0.1) is 0 Å². The van der Waals surface area contributed by atoms with Crippen LogP contribution in [0, 0.1) is 11.3 Å². The number of carboxylic acids is 1. The zero-order chi connectivity index (χ0) is 14.6. The smallest absolute Gasteiger partial charge is 0.433 e. The van der Waals surface area contributed by atoms with Crippen LogP contribution in [0.2, 0.25) is 0 Å². The minimum Gasteiger partial charge on any atom is -0.480 e. The van der Waals surface area contributed by atoms with E-state index in [4.69, 9.17) is 10.4 Å². The maximum Gasteiger partial charge on any atom is 0.433 e. The number of nitriles is 1. The minimum atomic E-state index is -4.65. The summed E-state index contributed by atoms with van der Waals surface area (Å²) >= 11 is 0. The number of hydrogen-bond donors (Lipinski definition) is 1. The zero-order valence-corrected chi connectivity index (χ0v) is 9.90. The van der Waals surface area contributed by atoms with Gasteiger partial charge in [0.05, 0.1) is 5.56 Å². The number of carboxylic acid groups (broad SMARTS) is 1. The van der Waals surface area contributed by atoms with Crippen LogP contribution < -0.4 is 4.90 Å². The predicted molar refractivity (Wildman–Crippen MR) is 59.5 cm³/mol. The van der Waals surface area contributed by atoms with Crippen molar-refractivity contribution in [3.05, 3.63) is 23.4 Å². The Morgan fingerprint density at radius 3 is 2.58 bits per heavy atom. The Morgan fingerprint density at radius 1 is 1.53 bits per heavy atom. The van der Waals surface area contributed by atoms with E-state index in [2.05, 4.69) is 4.98 Å². The lowest BCUT2D eigenvalue weighted by molar-refractivity contribution is -0.141. The topological polar surface area (TPSA) is 77.2 Å². The van der Waals surface area contributed by atoms with E-state index >= 15 is 0 Å². The Labute approximate surface area is 106 Å². The van der Waals surface area contributed by atoms with Gasteiger partial charge in [0.15, 0.2) is 0 Å². The highest BCUT2D eigenvalue weighted by atomic mass is 19.4. The Hall–Kier alpha value is -2.30. The van der Waals surface area contributed by atoms with Crippen LogP contribution in [0.5, 0.6) is 0 Å². The van der Waals surface area contributed by atoms with Gasteiger partial charge in [-0.05, 0) is 19.1 Å². The number of aromatic nitrogens is 1. The standard InChI is InChI=1S/C11H10F3N3O2/c1-2-17(6-9(18)19)10-7(5-15)3-4-8(16-10)11(12,13)14/h3-4H,2,6H2,1H3,(H,18,19). The molecule has 1 rings (SSSR count). The van der Waals surface area contributed by atoms with Gasteiger partial charge in [-0.25, -0.2) is 4.98 Å². The second-order valence-corrected chi connectivity index (χ2v) is 3.59. The van der Waals surface area contributed by atoms with Crippen molar-refractivity contribution >= 4 is 11.8 Å². The number of halogens is 3. The second kappa shape index (κ2) is 5.56. The van der Waals surface area contributed by atoms with E-state index in [1.165, 1.54) is 0 Å². The molecule has 0 bridgehead atoms. The molecule has 0 saturated heterocycles. The van der Waals surface area contributed by atoms with Gasteiger partial charge < -0.3 is 10.0 Å². The van der Waals surface area contributed by atoms with Crippen molar-refractivity contribution in [1.82, 2.24) is 4.98 Å². The van der Waals surface area contributed by atoms with Crippen LogP contribution in [0.3, 0.4) is 0 Å². The number of alkyl halides is 3. The number of carbonyl (C=O) groups is 1. The maximum absolute atomic E-state index is 12.6. The summed E-state index contributed by atoms with van der Waals surface area (Å²) in [7, 11) is 0. The molecule has 102 valence electrons. The molecule has 0 aliphatic carbocycles. The predicted octanol–water partition coefficient (Wildman–Crippen LogP) is 1.88. The molecular weight excluding hydrogens is 263 g/mol. The van der Waals surface area contributed by atoms with Crippen molar-refractivity contribution in [2.24, 2.45) is 0 Å². The van der Waals surface area contributed by atoms with E-state index in [-0.39, 0.29) is 17.9 Å². The normalized spacial score (nSPS) is 10.9. The van der Waals surface area contributed by atoms with Crippen LogP contribution in [-0.2, 0) is 11.0 Å². The molecule has 1 aromatic rings. The third-order valence-electron chi connectivity index (χ3n) is 2.29. The first-order valence-corrected chi connectivity index (χ1v) is 5.24. The summed E-state index contributed by atoms with van der Waals surface area (Å²) < 4.78 is 37.7. The highest BCUT2D eigenvalue weighted by molar-refractivity contribution is 5.74. The number of nitrogens with zero attached hydrogens (tertiary/aromatic N) is 3. The molecule has 1 heterocycles. The minimum absolute atomic E-state index is 0.101. The summed E-state index contributed by atoms with van der Waals surface area (Å²) in [6.45, 7) is 1.15. The van der Waals surface area contributed by atoms with Crippen LogP contribution >= 0.6 is 0 Å². The van der Waals surface area contributed by atoms with Crippen LogP contribution in [0.25, 0.3) is 0 Å². The fraction of sp³-hybridized carbons (Fsp3) is 0.364. The molecule has 0 unspecified atom stereocenters. The second-order valence-electron chi connectivity index (χ2n) is 3.59. The van der Waals surface area contributed by atoms with E-state index < -0.39 is 24.4 Å². The Balaban J connectivity index is 3.29. The first-order chi connectivity index (χ1) is 8.79. The fourth-order valence-corrected chi connectivity index (χ4v) is 1.43. The van der Waals surface area contributed by atoms with E-state index in [0.29, 0.717) is 6.07 Å². The van der Waals surface area contributed by atoms with Crippen molar-refractivity contribution in [2.75, 3.05) is 18.0 Å². The molecule has 0 aliphatic rings. The van der Waals surface area contributed by atoms with Gasteiger partial charge in [-0.2, -0.15) is 18.4 Å². The lowest BCUT2D eigenvalue weighted by Gasteiger charge is -2.21. The average molecular weight is 273 g/mol. The zero-order valence-electron chi connectivity index (χ0n) is 9.90. The monoisotopic (exact) mass is 273 g/mol. The molecule has 0 amide bonds. The fourth-order valence-electron chi connectivity index (χ4n) is 1.43. The van der Waals surface area contributed by atoms with Crippen LogP contribution in [-0.4, -0.2) is 29.1 Å². The molecule has 0 saturated carbocycles. The number of rotatable bonds is 4. The van der Waals surface area contributed by atoms with E-state index in [1.807, 2.05) is 0 Å². The highest BCUT2D eigenvalue weighted by Crippen LogP contribution is 2.30. The molecule has 1 aromatic heterocycles. The lowest BCUT2D eigenvalue weighted by Crippen LogP contribution is -2.31. The third-order valence-corrected chi connectivity index (χ3v) is 2.29. The van der Waals surface area contributed by atoms with Crippen LogP contribution in [0.1, 0.15) is 18.2 Å². The summed E-state index contributed by atoms with van der Waals surface area (Å²) in [5.41, 5.74) is -1.26. The van der Waals surface area contributed by atoms with Crippen LogP contribution in [0.4, 0.5) is 19.0 Å². The lowest BCUT2D eigenvalue weighted by atomic mass is 10.2. The summed E-state index contributed by atoms with van der Waals surface area (Å²) in [5, 5.41) is 17.5. The van der Waals surface area contributed by atoms with Crippen molar-refractivity contribution in [3.63, 3.8) is 0 Å².